The van der Waals surface area contributed by atoms with Gasteiger partial charge in [-0.1, -0.05) is 170 Å². The van der Waals surface area contributed by atoms with Crippen LogP contribution in [0.3, 0.4) is 0 Å². The summed E-state index contributed by atoms with van der Waals surface area (Å²) in [4.78, 5) is 23.4. The second-order valence-electron chi connectivity index (χ2n) is 13.8. The van der Waals surface area contributed by atoms with Gasteiger partial charge in [0.25, 0.3) is 0 Å². The van der Waals surface area contributed by atoms with Crippen molar-refractivity contribution in [2.75, 3.05) is 0 Å². The zero-order valence-electron chi connectivity index (χ0n) is 32.7. The van der Waals surface area contributed by atoms with Crippen molar-refractivity contribution in [3.63, 3.8) is 0 Å². The number of allylic oxidation sites excluding steroid dienone is 12. The number of carbonyl (C=O) groups is 2. The Morgan fingerprint density at radius 3 is 1.28 bits per heavy atom. The normalized spacial score (nSPS) is 13.0. The molecule has 0 bridgehead atoms. The van der Waals surface area contributed by atoms with Crippen molar-refractivity contribution in [1.82, 2.24) is 0 Å². The Bertz CT molecular complexity index is 922. The van der Waals surface area contributed by atoms with Crippen LogP contribution in [-0.4, -0.2) is 23.1 Å². The predicted molar refractivity (Wildman–Crippen MR) is 218 cm³/mol. The van der Waals surface area contributed by atoms with E-state index in [0.717, 1.165) is 116 Å². The summed E-state index contributed by atoms with van der Waals surface area (Å²) in [5, 5.41) is 8.80. The fourth-order valence-electron chi connectivity index (χ4n) is 5.89. The molecule has 0 saturated carbocycles. The fourth-order valence-corrected chi connectivity index (χ4v) is 5.89. The molecule has 0 rings (SSSR count). The molecule has 0 aliphatic heterocycles. The summed E-state index contributed by atoms with van der Waals surface area (Å²) in [6, 6.07) is 0. The number of carboxylic acid groups (broad SMARTS) is 1. The largest absolute Gasteiger partial charge is 0.481 e. The summed E-state index contributed by atoms with van der Waals surface area (Å²) < 4.78 is 6.00. The Kier molecular flexibility index (Phi) is 38.7. The molecular weight excluding hydrogens is 617 g/mol. The molecule has 1 N–H and O–H groups in total. The number of hydrogen-bond acceptors (Lipinski definition) is 3. The summed E-state index contributed by atoms with van der Waals surface area (Å²) in [7, 11) is 0. The van der Waals surface area contributed by atoms with Crippen LogP contribution in [0.1, 0.15) is 200 Å². The molecule has 0 saturated heterocycles. The van der Waals surface area contributed by atoms with Gasteiger partial charge in [0.1, 0.15) is 6.10 Å². The van der Waals surface area contributed by atoms with Crippen molar-refractivity contribution in [1.29, 1.82) is 0 Å². The van der Waals surface area contributed by atoms with E-state index in [2.05, 4.69) is 86.8 Å². The summed E-state index contributed by atoms with van der Waals surface area (Å²) in [6.07, 6.45) is 57.8. The summed E-state index contributed by atoms with van der Waals surface area (Å²) in [6.45, 7) is 4.43. The van der Waals surface area contributed by atoms with Crippen molar-refractivity contribution in [2.45, 2.75) is 206 Å². The number of carbonyl (C=O) groups excluding carboxylic acids is 1. The van der Waals surface area contributed by atoms with Crippen molar-refractivity contribution in [2.24, 2.45) is 0 Å². The van der Waals surface area contributed by atoms with Crippen molar-refractivity contribution in [3.8, 4) is 0 Å². The number of hydrogen-bond donors (Lipinski definition) is 1. The molecule has 0 aliphatic rings. The Hall–Kier alpha value is -2.62. The maximum absolute atomic E-state index is 12.7. The maximum Gasteiger partial charge on any atom is 0.306 e. The van der Waals surface area contributed by atoms with Crippen LogP contribution in [0.4, 0.5) is 0 Å². The monoisotopic (exact) mass is 695 g/mol. The van der Waals surface area contributed by atoms with E-state index in [-0.39, 0.29) is 18.5 Å². The average molecular weight is 695 g/mol. The van der Waals surface area contributed by atoms with Gasteiger partial charge >= 0.3 is 11.9 Å². The van der Waals surface area contributed by atoms with Crippen LogP contribution in [0.25, 0.3) is 0 Å². The lowest BCUT2D eigenvalue weighted by atomic mass is 10.0. The topological polar surface area (TPSA) is 63.6 Å². The third-order valence-corrected chi connectivity index (χ3v) is 8.94. The van der Waals surface area contributed by atoms with E-state index >= 15 is 0 Å². The molecule has 286 valence electrons. The highest BCUT2D eigenvalue weighted by atomic mass is 16.5. The molecule has 4 nitrogen and oxygen atoms in total. The summed E-state index contributed by atoms with van der Waals surface area (Å²) >= 11 is 0. The smallest absolute Gasteiger partial charge is 0.306 e. The Balaban J connectivity index is 4.12. The number of carboxylic acids is 1. The summed E-state index contributed by atoms with van der Waals surface area (Å²) in [5.74, 6) is -0.728. The van der Waals surface area contributed by atoms with Crippen LogP contribution in [0.5, 0.6) is 0 Å². The van der Waals surface area contributed by atoms with E-state index < -0.39 is 5.97 Å². The molecule has 0 fully saturated rings. The lowest BCUT2D eigenvalue weighted by Crippen LogP contribution is -2.18. The van der Waals surface area contributed by atoms with E-state index in [1.165, 1.54) is 57.8 Å². The SMILES string of the molecule is CC/C=C\C/C=C\C/C=C\C/C=C\C/C=C\C/C=C\CCCCC(=O)OC(CCCCCCCCCCCC)CCCCCCCCC(=O)O. The lowest BCUT2D eigenvalue weighted by Gasteiger charge is -2.18. The quantitative estimate of drug-likeness (QED) is 0.0399. The summed E-state index contributed by atoms with van der Waals surface area (Å²) in [5.41, 5.74) is 0. The standard InChI is InChI=1S/C46H78O4/c1-3-5-7-9-11-13-15-16-17-18-19-20-21-22-23-24-25-27-29-35-39-43-46(49)50-44(41-37-33-30-31-34-38-42-45(47)48)40-36-32-28-26-14-12-10-8-6-4-2/h5,7,11,13,16-17,19-20,22-23,25,27,44H,3-4,6,8-10,12,14-15,18,21,24,26,28-43H2,1-2H3,(H,47,48)/b7-5-,13-11-,17-16-,20-19-,23-22-,27-25-. The molecule has 0 aromatic carbocycles. The van der Waals surface area contributed by atoms with Crippen LogP contribution in [-0.2, 0) is 14.3 Å². The molecule has 1 atom stereocenters. The molecule has 0 aromatic rings. The first-order valence-corrected chi connectivity index (χ1v) is 20.9. The van der Waals surface area contributed by atoms with Gasteiger partial charge in [-0.3, -0.25) is 9.59 Å². The zero-order valence-corrected chi connectivity index (χ0v) is 32.7. The highest BCUT2D eigenvalue weighted by Gasteiger charge is 2.14. The second kappa shape index (κ2) is 40.8. The first-order chi connectivity index (χ1) is 24.6. The molecule has 50 heavy (non-hydrogen) atoms. The van der Waals surface area contributed by atoms with Gasteiger partial charge in [-0.15, -0.1) is 0 Å². The Morgan fingerprint density at radius 2 is 0.840 bits per heavy atom. The minimum atomic E-state index is -0.699. The van der Waals surface area contributed by atoms with Gasteiger partial charge in [-0.25, -0.2) is 0 Å². The molecule has 1 unspecified atom stereocenters. The van der Waals surface area contributed by atoms with Crippen molar-refractivity contribution < 1.29 is 19.4 Å². The number of aliphatic carboxylic acids is 1. The van der Waals surface area contributed by atoms with E-state index in [1.807, 2.05) is 0 Å². The highest BCUT2D eigenvalue weighted by molar-refractivity contribution is 5.69. The van der Waals surface area contributed by atoms with E-state index in [4.69, 9.17) is 9.84 Å². The molecule has 4 heteroatoms. The average Bonchev–Trinajstić information content (AvgIpc) is 3.10. The molecule has 0 amide bonds. The third kappa shape index (κ3) is 39.8. The molecular formula is C46H78O4. The molecule has 0 spiro atoms. The van der Waals surface area contributed by atoms with Gasteiger partial charge in [0, 0.05) is 12.8 Å². The zero-order chi connectivity index (χ0) is 36.4. The van der Waals surface area contributed by atoms with Gasteiger partial charge in [0.05, 0.1) is 0 Å². The van der Waals surface area contributed by atoms with E-state index in [9.17, 15) is 9.59 Å². The third-order valence-electron chi connectivity index (χ3n) is 8.94. The number of ether oxygens (including phenoxy) is 1. The van der Waals surface area contributed by atoms with Crippen LogP contribution >= 0.6 is 0 Å². The number of rotatable bonds is 37. The first kappa shape index (κ1) is 47.4. The Morgan fingerprint density at radius 1 is 0.460 bits per heavy atom. The highest BCUT2D eigenvalue weighted by Crippen LogP contribution is 2.19. The Labute approximate surface area is 309 Å². The minimum absolute atomic E-state index is 0.0292. The molecule has 0 heterocycles. The van der Waals surface area contributed by atoms with Crippen LogP contribution < -0.4 is 0 Å². The van der Waals surface area contributed by atoms with Gasteiger partial charge in [0.15, 0.2) is 0 Å². The predicted octanol–water partition coefficient (Wildman–Crippen LogP) is 14.7. The van der Waals surface area contributed by atoms with Crippen LogP contribution in [0, 0.1) is 0 Å². The van der Waals surface area contributed by atoms with E-state index in [0.29, 0.717) is 6.42 Å². The molecule has 0 aliphatic carbocycles. The lowest BCUT2D eigenvalue weighted by molar-refractivity contribution is -0.150. The van der Waals surface area contributed by atoms with Crippen molar-refractivity contribution in [3.05, 3.63) is 72.9 Å². The van der Waals surface area contributed by atoms with Gasteiger partial charge < -0.3 is 9.84 Å². The minimum Gasteiger partial charge on any atom is -0.481 e. The van der Waals surface area contributed by atoms with Crippen LogP contribution in [0.15, 0.2) is 72.9 Å². The maximum atomic E-state index is 12.7. The fraction of sp³-hybridized carbons (Fsp3) is 0.696. The van der Waals surface area contributed by atoms with E-state index in [1.54, 1.807) is 0 Å². The second-order valence-corrected chi connectivity index (χ2v) is 13.8. The van der Waals surface area contributed by atoms with Gasteiger partial charge in [0.2, 0.25) is 0 Å². The number of esters is 1. The molecule has 0 aromatic heterocycles. The van der Waals surface area contributed by atoms with Crippen LogP contribution in [0.2, 0.25) is 0 Å². The van der Waals surface area contributed by atoms with Crippen molar-refractivity contribution >= 4 is 11.9 Å². The van der Waals surface area contributed by atoms with Gasteiger partial charge in [-0.2, -0.15) is 0 Å². The molecule has 0 radical (unpaired) electrons. The van der Waals surface area contributed by atoms with Gasteiger partial charge in [-0.05, 0) is 89.9 Å². The first-order valence-electron chi connectivity index (χ1n) is 20.9. The number of unbranched alkanes of at least 4 members (excludes halogenated alkanes) is 16.